The van der Waals surface area contributed by atoms with Crippen LogP contribution in [0.2, 0.25) is 0 Å². The molecule has 12 aromatic carbocycles. The van der Waals surface area contributed by atoms with Crippen molar-refractivity contribution in [2.75, 3.05) is 163 Å². The minimum atomic E-state index is -0.673. The first-order valence-electron chi connectivity index (χ1n) is 48.6. The average molecular weight is 1960 g/mol. The molecule has 4 unspecified atom stereocenters. The van der Waals surface area contributed by atoms with Crippen LogP contribution >= 0.6 is 35.3 Å². The molecule has 0 aliphatic carbocycles. The van der Waals surface area contributed by atoms with Gasteiger partial charge in [-0.3, -0.25) is 29.0 Å². The standard InChI is InChI=1S/C30H35N5O3.C30H34N4O4S.C26H26N4O2S.C26H26N4OS/c31-25(22-23-8-2-1-3-9-23)30(36)38-21-20-37-19-18-34-14-16-35(17-15-34)29-24-10-4-5-11-26(24)32-27-12-6-7-13-28(27)33-29;31-25(20-22-6-2-1-3-7-22)30(36)38-19-18-37-17-16-33-12-14-34(15-13-33)29-24-8-4-5-9-27(24)39-28-21-23(35)10-11-26(28)32-29;27-21(16-18-6-2-1-3-7-18)26(32)30-14-12-29(13-15-30)25-20-8-4-5-9-23(20)33-24-17-19(31)10-11-22(24)28-25;27-21(18-19-8-2-1-3-9-19)26(31)30-16-14-29(15-17-30)25-20-10-4-6-12-23(20)32-24-13-7-5-11-22(24)28-25/h1-13,25,32H,14-22,31H2;1-11,21,25,35H,12-20,31H2;1-11,17,21,31H,12-16,27H2;1-13,21H,14-18,27H2. The predicted molar refractivity (Wildman–Crippen MR) is 564 cm³/mol. The highest BCUT2D eigenvalue weighted by Gasteiger charge is 2.35. The van der Waals surface area contributed by atoms with E-state index in [0.717, 1.165) is 205 Å². The summed E-state index contributed by atoms with van der Waals surface area (Å²) in [5.41, 5.74) is 38.9. The van der Waals surface area contributed by atoms with Crippen LogP contribution in [0.15, 0.2) is 353 Å². The van der Waals surface area contributed by atoms with Gasteiger partial charge >= 0.3 is 11.9 Å². The Morgan fingerprint density at radius 1 is 0.296 bits per heavy atom. The van der Waals surface area contributed by atoms with E-state index in [2.05, 4.69) is 138 Å². The molecule has 142 heavy (non-hydrogen) atoms. The third-order valence-electron chi connectivity index (χ3n) is 25.6. The van der Waals surface area contributed by atoms with E-state index >= 15 is 0 Å². The van der Waals surface area contributed by atoms with E-state index in [1.165, 1.54) is 4.90 Å². The summed E-state index contributed by atoms with van der Waals surface area (Å²) in [6.07, 6.45) is 2.03. The molecule has 0 aromatic heterocycles. The second kappa shape index (κ2) is 49.8. The maximum Gasteiger partial charge on any atom is 0.323 e. The van der Waals surface area contributed by atoms with Crippen LogP contribution in [0.4, 0.5) is 34.1 Å². The Morgan fingerprint density at radius 2 is 0.592 bits per heavy atom. The third kappa shape index (κ3) is 26.8. The fraction of sp³-hybridized carbons (Fsp3) is 0.286. The zero-order chi connectivity index (χ0) is 97.9. The molecule has 27 nitrogen and oxygen atoms in total. The number of ether oxygens (including phenoxy) is 4. The van der Waals surface area contributed by atoms with Gasteiger partial charge in [-0.25, -0.2) is 20.0 Å². The number of hydrogen-bond donors (Lipinski definition) is 7. The van der Waals surface area contributed by atoms with E-state index < -0.39 is 36.1 Å². The molecular formula is C112H121N17O10S3. The van der Waals surface area contributed by atoms with Gasteiger partial charge < -0.3 is 86.8 Å². The molecular weight excluding hydrogens is 1840 g/mol. The van der Waals surface area contributed by atoms with Gasteiger partial charge in [0.15, 0.2) is 0 Å². The van der Waals surface area contributed by atoms with Gasteiger partial charge in [-0.1, -0.05) is 248 Å². The molecule has 8 aliphatic heterocycles. The number of rotatable bonds is 24. The Labute approximate surface area is 842 Å². The Morgan fingerprint density at radius 3 is 0.986 bits per heavy atom. The molecule has 0 bridgehead atoms. The normalized spacial score (nSPS) is 16.2. The number of benzene rings is 12. The van der Waals surface area contributed by atoms with Crippen molar-refractivity contribution in [2.24, 2.45) is 42.9 Å². The quantitative estimate of drug-likeness (QED) is 0.0218. The van der Waals surface area contributed by atoms with Gasteiger partial charge in [-0.05, 0) is 139 Å². The zero-order valence-corrected chi connectivity index (χ0v) is 82.0. The number of phenols is 2. The predicted octanol–water partition coefficient (Wildman–Crippen LogP) is 14.8. The number of piperazine rings is 4. The Hall–Kier alpha value is -13.5. The maximum absolute atomic E-state index is 13.0. The number of phenolic OH excluding ortho intramolecular Hbond substituents is 2. The number of aromatic hydroxyl groups is 2. The first-order valence-corrected chi connectivity index (χ1v) is 51.0. The minimum Gasteiger partial charge on any atom is -0.508 e. The number of amides is 2. The SMILES string of the molecule is NC(Cc1ccccc1)C(=O)N1CCN(C2=Nc3ccc(O)cc3Sc3ccccc32)CC1.NC(Cc1ccccc1)C(=O)N1CCN(C2=Nc3ccccc3Sc3ccccc32)CC1.NC(Cc1ccccc1)C(=O)OCCOCCN1CCN(C2=Nc3ccc(O)cc3Sc3ccccc32)CC1.NC(Cc1ccccc1)C(=O)OCCOCCN1CCN(C2=Nc3ccccc3Nc3ccccc32)CC1. The number of carbonyl (C=O) groups excluding carboxylic acids is 4. The molecule has 4 fully saturated rings. The van der Waals surface area contributed by atoms with Gasteiger partial charge in [0.1, 0.15) is 60.1 Å². The fourth-order valence-corrected chi connectivity index (χ4v) is 21.1. The van der Waals surface area contributed by atoms with E-state index in [-0.39, 0.29) is 36.5 Å². The van der Waals surface area contributed by atoms with Crippen LogP contribution in [0, 0.1) is 0 Å². The number of amidine groups is 4. The number of nitrogens with two attached hydrogens (primary N) is 4. The largest absolute Gasteiger partial charge is 0.508 e. The lowest BCUT2D eigenvalue weighted by molar-refractivity contribution is -0.147. The van der Waals surface area contributed by atoms with Crippen molar-refractivity contribution >= 4 is 117 Å². The van der Waals surface area contributed by atoms with E-state index in [9.17, 15) is 29.4 Å². The van der Waals surface area contributed by atoms with Crippen LogP contribution in [0.3, 0.4) is 0 Å². The van der Waals surface area contributed by atoms with E-state index in [4.69, 9.17) is 61.9 Å². The Bertz CT molecular complexity index is 6400. The molecule has 732 valence electrons. The van der Waals surface area contributed by atoms with Gasteiger partial charge in [0, 0.05) is 175 Å². The summed E-state index contributed by atoms with van der Waals surface area (Å²) in [6.45, 7) is 16.5. The van der Waals surface area contributed by atoms with Crippen LogP contribution < -0.4 is 28.3 Å². The van der Waals surface area contributed by atoms with Crippen molar-refractivity contribution in [3.05, 3.63) is 348 Å². The van der Waals surface area contributed by atoms with Crippen LogP contribution in [0.25, 0.3) is 0 Å². The highest BCUT2D eigenvalue weighted by molar-refractivity contribution is 8.00. The van der Waals surface area contributed by atoms with Crippen LogP contribution in [0.5, 0.6) is 11.5 Å². The molecule has 12 aromatic rings. The van der Waals surface area contributed by atoms with E-state index in [0.29, 0.717) is 91.4 Å². The summed E-state index contributed by atoms with van der Waals surface area (Å²) in [7, 11) is 0. The van der Waals surface area contributed by atoms with Gasteiger partial charge in [0.2, 0.25) is 11.8 Å². The molecule has 20 rings (SSSR count). The highest BCUT2D eigenvalue weighted by atomic mass is 32.2. The van der Waals surface area contributed by atoms with Crippen molar-refractivity contribution < 1.29 is 48.3 Å². The maximum atomic E-state index is 13.0. The van der Waals surface area contributed by atoms with Crippen molar-refractivity contribution in [3.8, 4) is 11.5 Å². The van der Waals surface area contributed by atoms with Crippen molar-refractivity contribution in [1.29, 1.82) is 0 Å². The number of nitrogens with one attached hydrogen (secondary N) is 1. The minimum absolute atomic E-state index is 0.00177. The summed E-state index contributed by atoms with van der Waals surface area (Å²) < 4.78 is 22.0. The number of fused-ring (bicyclic) bond motifs is 8. The molecule has 0 radical (unpaired) electrons. The molecule has 8 aliphatic rings. The molecule has 4 atom stereocenters. The molecule has 0 spiro atoms. The van der Waals surface area contributed by atoms with Crippen LogP contribution in [-0.4, -0.2) is 278 Å². The Kier molecular flexibility index (Phi) is 35.1. The third-order valence-corrected chi connectivity index (χ3v) is 29.0. The first kappa shape index (κ1) is 100. The van der Waals surface area contributed by atoms with Crippen LogP contribution in [0.1, 0.15) is 44.5 Å². The molecule has 2 amide bonds. The average Bonchev–Trinajstić information content (AvgIpc) is 1.69. The monoisotopic (exact) mass is 1960 g/mol. The first-order chi connectivity index (χ1) is 69.5. The number of carbonyl (C=O) groups is 4. The van der Waals surface area contributed by atoms with Gasteiger partial charge in [0.05, 0.1) is 66.9 Å². The summed E-state index contributed by atoms with van der Waals surface area (Å²) in [4.78, 5) is 94.6. The lowest BCUT2D eigenvalue weighted by atomic mass is 10.1. The molecule has 8 heterocycles. The smallest absolute Gasteiger partial charge is 0.323 e. The lowest BCUT2D eigenvalue weighted by Crippen LogP contribution is -2.54. The summed E-state index contributed by atoms with van der Waals surface area (Å²) in [6, 6.07) is 97.2. The highest BCUT2D eigenvalue weighted by Crippen LogP contribution is 2.46. The van der Waals surface area contributed by atoms with E-state index in [1.807, 2.05) is 186 Å². The number of aliphatic imine (C=N–C) groups is 4. The fourth-order valence-electron chi connectivity index (χ4n) is 18.0. The topological polar surface area (TPSA) is 337 Å². The summed E-state index contributed by atoms with van der Waals surface area (Å²) in [5, 5.41) is 23.5. The number of esters is 2. The van der Waals surface area contributed by atoms with Gasteiger partial charge in [-0.2, -0.15) is 0 Å². The number of para-hydroxylation sites is 4. The van der Waals surface area contributed by atoms with Crippen molar-refractivity contribution in [1.82, 2.24) is 39.2 Å². The second-order valence-corrected chi connectivity index (χ2v) is 38.8. The van der Waals surface area contributed by atoms with Crippen molar-refractivity contribution in [2.45, 2.75) is 79.2 Å². The van der Waals surface area contributed by atoms with E-state index in [1.54, 1.807) is 59.6 Å². The van der Waals surface area contributed by atoms with Gasteiger partial charge in [0.25, 0.3) is 0 Å². The molecule has 11 N–H and O–H groups in total. The zero-order valence-electron chi connectivity index (χ0n) is 79.5. The number of nitrogens with zero attached hydrogens (tertiary/aromatic N) is 12. The van der Waals surface area contributed by atoms with Gasteiger partial charge in [-0.15, -0.1) is 0 Å². The van der Waals surface area contributed by atoms with Crippen LogP contribution in [-0.2, 0) is 63.8 Å². The number of hydrogen-bond acceptors (Lipinski definition) is 28. The van der Waals surface area contributed by atoms with Crippen molar-refractivity contribution in [3.63, 3.8) is 0 Å². The summed E-state index contributed by atoms with van der Waals surface area (Å²) in [5.74, 6) is 3.59. The summed E-state index contributed by atoms with van der Waals surface area (Å²) >= 11 is 5.01. The Balaban J connectivity index is 0.000000131. The molecule has 30 heteroatoms. The lowest BCUT2D eigenvalue weighted by Gasteiger charge is -2.37. The second-order valence-electron chi connectivity index (χ2n) is 35.5. The number of anilines is 2. The molecule has 4 saturated heterocycles. The molecule has 0 saturated carbocycles.